The average Bonchev–Trinajstić information content (AvgIpc) is 2.14. The van der Waals surface area contributed by atoms with Crippen molar-refractivity contribution in [1.29, 1.82) is 0 Å². The summed E-state index contributed by atoms with van der Waals surface area (Å²) in [5.41, 5.74) is -0.566. The zero-order valence-electron chi connectivity index (χ0n) is 9.90. The number of nitrogens with zero attached hydrogens (tertiary/aromatic N) is 1. The number of carboxylic acids is 1. The van der Waals surface area contributed by atoms with Crippen molar-refractivity contribution in [3.05, 3.63) is 0 Å². The van der Waals surface area contributed by atoms with Crippen molar-refractivity contribution in [3.63, 3.8) is 0 Å². The van der Waals surface area contributed by atoms with Gasteiger partial charge in [0.05, 0.1) is 12.0 Å². The van der Waals surface area contributed by atoms with E-state index in [1.807, 2.05) is 0 Å². The zero-order chi connectivity index (χ0) is 12.2. The number of hydrogen-bond acceptors (Lipinski definition) is 3. The second kappa shape index (κ2) is 5.11. The van der Waals surface area contributed by atoms with Crippen molar-refractivity contribution < 1.29 is 19.4 Å². The Bertz CT molecular complexity index is 250. The molecule has 1 atom stereocenters. The first-order valence-corrected chi connectivity index (χ1v) is 4.75. The minimum atomic E-state index is -1.01. The Morgan fingerprint density at radius 2 is 1.93 bits per heavy atom. The molecule has 1 N–H and O–H groups in total. The standard InChI is InChI=1S/C10H19NO4/c1-7(9(13)14)11(4)8(12)6-10(2,3)15-5/h7H,6H2,1-5H3,(H,13,14). The lowest BCUT2D eigenvalue weighted by Crippen LogP contribution is -2.43. The first-order chi connectivity index (χ1) is 6.71. The molecule has 1 unspecified atom stereocenters. The fraction of sp³-hybridized carbons (Fsp3) is 0.800. The molecule has 0 aromatic rings. The molecule has 0 heterocycles. The SMILES string of the molecule is COC(C)(C)CC(=O)N(C)C(C)C(=O)O. The molecule has 0 aliphatic carbocycles. The van der Waals surface area contributed by atoms with E-state index in [0.29, 0.717) is 0 Å². The summed E-state index contributed by atoms with van der Waals surface area (Å²) in [6, 6.07) is -0.815. The molecule has 1 amide bonds. The van der Waals surface area contributed by atoms with Gasteiger partial charge < -0.3 is 14.7 Å². The summed E-state index contributed by atoms with van der Waals surface area (Å²) in [7, 11) is 3.00. The van der Waals surface area contributed by atoms with Crippen LogP contribution in [0.4, 0.5) is 0 Å². The number of ether oxygens (including phenoxy) is 1. The average molecular weight is 217 g/mol. The third kappa shape index (κ3) is 4.29. The maximum atomic E-state index is 11.6. The van der Waals surface area contributed by atoms with Crippen LogP contribution in [0.5, 0.6) is 0 Å². The Morgan fingerprint density at radius 3 is 2.27 bits per heavy atom. The van der Waals surface area contributed by atoms with Crippen molar-refractivity contribution in [1.82, 2.24) is 4.90 Å². The van der Waals surface area contributed by atoms with Gasteiger partial charge in [-0.05, 0) is 20.8 Å². The predicted molar refractivity (Wildman–Crippen MR) is 55.6 cm³/mol. The van der Waals surface area contributed by atoms with Gasteiger partial charge in [-0.1, -0.05) is 0 Å². The highest BCUT2D eigenvalue weighted by Gasteiger charge is 2.27. The van der Waals surface area contributed by atoms with Crippen molar-refractivity contribution >= 4 is 11.9 Å². The van der Waals surface area contributed by atoms with Gasteiger partial charge in [-0.3, -0.25) is 4.79 Å². The highest BCUT2D eigenvalue weighted by atomic mass is 16.5. The van der Waals surface area contributed by atoms with E-state index in [4.69, 9.17) is 9.84 Å². The second-order valence-corrected chi connectivity index (χ2v) is 4.16. The largest absolute Gasteiger partial charge is 0.480 e. The number of methoxy groups -OCH3 is 1. The number of carbonyl (C=O) groups excluding carboxylic acids is 1. The van der Waals surface area contributed by atoms with Crippen LogP contribution in [0.15, 0.2) is 0 Å². The Hall–Kier alpha value is -1.10. The molecular formula is C10H19NO4. The van der Waals surface area contributed by atoms with Crippen LogP contribution in [0.1, 0.15) is 27.2 Å². The summed E-state index contributed by atoms with van der Waals surface area (Å²) >= 11 is 0. The normalized spacial score (nSPS) is 13.4. The summed E-state index contributed by atoms with van der Waals surface area (Å²) < 4.78 is 5.10. The van der Waals surface area contributed by atoms with Crippen molar-refractivity contribution in [2.75, 3.05) is 14.2 Å². The van der Waals surface area contributed by atoms with Crippen LogP contribution in [0.3, 0.4) is 0 Å². The molecule has 0 radical (unpaired) electrons. The van der Waals surface area contributed by atoms with Gasteiger partial charge in [0.25, 0.3) is 0 Å². The number of amides is 1. The maximum absolute atomic E-state index is 11.6. The molecule has 0 saturated heterocycles. The molecule has 0 rings (SSSR count). The summed E-state index contributed by atoms with van der Waals surface area (Å²) in [6.45, 7) is 5.04. The Labute approximate surface area is 90.0 Å². The van der Waals surface area contributed by atoms with Gasteiger partial charge in [-0.25, -0.2) is 4.79 Å². The molecule has 0 saturated carbocycles. The van der Waals surface area contributed by atoms with Crippen LogP contribution < -0.4 is 0 Å². The quantitative estimate of drug-likeness (QED) is 0.737. The van der Waals surface area contributed by atoms with Crippen LogP contribution in [0, 0.1) is 0 Å². The van der Waals surface area contributed by atoms with E-state index in [9.17, 15) is 9.59 Å². The van der Waals surface area contributed by atoms with Gasteiger partial charge in [0.1, 0.15) is 6.04 Å². The molecule has 0 spiro atoms. The van der Waals surface area contributed by atoms with Gasteiger partial charge in [0.15, 0.2) is 0 Å². The zero-order valence-corrected chi connectivity index (χ0v) is 9.90. The third-order valence-corrected chi connectivity index (χ3v) is 2.46. The van der Waals surface area contributed by atoms with E-state index in [-0.39, 0.29) is 12.3 Å². The smallest absolute Gasteiger partial charge is 0.326 e. The van der Waals surface area contributed by atoms with Crippen LogP contribution in [0.25, 0.3) is 0 Å². The van der Waals surface area contributed by atoms with Crippen LogP contribution in [-0.4, -0.2) is 47.7 Å². The first kappa shape index (κ1) is 13.9. The van der Waals surface area contributed by atoms with Crippen molar-refractivity contribution in [2.24, 2.45) is 0 Å². The second-order valence-electron chi connectivity index (χ2n) is 4.16. The van der Waals surface area contributed by atoms with E-state index in [2.05, 4.69) is 0 Å². The highest BCUT2D eigenvalue weighted by molar-refractivity contribution is 5.83. The highest BCUT2D eigenvalue weighted by Crippen LogP contribution is 2.15. The minimum Gasteiger partial charge on any atom is -0.480 e. The molecule has 0 aromatic carbocycles. The molecule has 88 valence electrons. The van der Waals surface area contributed by atoms with Gasteiger partial charge >= 0.3 is 5.97 Å². The molecule has 5 heteroatoms. The number of aliphatic carboxylic acids is 1. The molecule has 0 aliphatic heterocycles. The molecule has 0 aliphatic rings. The summed E-state index contributed by atoms with van der Waals surface area (Å²) in [6.07, 6.45) is 0.164. The Kier molecular flexibility index (Phi) is 4.74. The number of likely N-dealkylation sites (N-methyl/N-ethyl adjacent to an activating group) is 1. The van der Waals surface area contributed by atoms with Crippen molar-refractivity contribution in [3.8, 4) is 0 Å². The summed E-state index contributed by atoms with van der Waals surface area (Å²) in [5.74, 6) is -1.25. The number of hydrogen-bond donors (Lipinski definition) is 1. The van der Waals surface area contributed by atoms with E-state index >= 15 is 0 Å². The molecule has 0 bridgehead atoms. The van der Waals surface area contributed by atoms with Crippen LogP contribution in [0.2, 0.25) is 0 Å². The van der Waals surface area contributed by atoms with Gasteiger partial charge in [-0.15, -0.1) is 0 Å². The fourth-order valence-electron chi connectivity index (χ4n) is 0.943. The number of carbonyl (C=O) groups is 2. The van der Waals surface area contributed by atoms with Crippen LogP contribution in [-0.2, 0) is 14.3 Å². The first-order valence-electron chi connectivity index (χ1n) is 4.75. The van der Waals surface area contributed by atoms with Crippen molar-refractivity contribution in [2.45, 2.75) is 38.8 Å². The maximum Gasteiger partial charge on any atom is 0.326 e. The van der Waals surface area contributed by atoms with Crippen LogP contribution >= 0.6 is 0 Å². The van der Waals surface area contributed by atoms with Gasteiger partial charge in [-0.2, -0.15) is 0 Å². The monoisotopic (exact) mass is 217 g/mol. The molecule has 15 heavy (non-hydrogen) atoms. The lowest BCUT2D eigenvalue weighted by atomic mass is 10.0. The summed E-state index contributed by atoms with van der Waals surface area (Å²) in [4.78, 5) is 23.5. The predicted octanol–water partition coefficient (Wildman–Crippen LogP) is 0.733. The molecule has 0 fully saturated rings. The lowest BCUT2D eigenvalue weighted by molar-refractivity contribution is -0.150. The summed E-state index contributed by atoms with van der Waals surface area (Å²) in [5, 5.41) is 8.73. The minimum absolute atomic E-state index is 0.164. The van der Waals surface area contributed by atoms with E-state index in [1.54, 1.807) is 13.8 Å². The van der Waals surface area contributed by atoms with Gasteiger partial charge in [0.2, 0.25) is 5.91 Å². The fourth-order valence-corrected chi connectivity index (χ4v) is 0.943. The van der Waals surface area contributed by atoms with E-state index in [0.717, 1.165) is 0 Å². The molecule has 0 aromatic heterocycles. The third-order valence-electron chi connectivity index (χ3n) is 2.46. The Morgan fingerprint density at radius 1 is 1.47 bits per heavy atom. The molecular weight excluding hydrogens is 198 g/mol. The molecule has 5 nitrogen and oxygen atoms in total. The number of rotatable bonds is 5. The van der Waals surface area contributed by atoms with E-state index < -0.39 is 17.6 Å². The van der Waals surface area contributed by atoms with E-state index in [1.165, 1.54) is 26.0 Å². The van der Waals surface area contributed by atoms with Gasteiger partial charge in [0, 0.05) is 14.2 Å². The Balaban J connectivity index is 4.40. The topological polar surface area (TPSA) is 66.8 Å². The lowest BCUT2D eigenvalue weighted by Gasteiger charge is -2.27. The number of carboxylic acid groups (broad SMARTS) is 1.